The van der Waals surface area contributed by atoms with Gasteiger partial charge in [-0.15, -0.1) is 11.3 Å². The number of carbonyl (C=O) groups is 4. The Hall–Kier alpha value is -5.66. The molecular weight excluding hydrogens is 780 g/mol. The number of aryl methyl sites for hydroxylation is 2. The number of fused-ring (bicyclic) bond motifs is 5. The number of ether oxygens (including phenoxy) is 2. The van der Waals surface area contributed by atoms with Crippen molar-refractivity contribution in [2.45, 2.75) is 39.0 Å². The summed E-state index contributed by atoms with van der Waals surface area (Å²) in [4.78, 5) is 62.3. The number of aromatic nitrogens is 2. The predicted octanol–water partition coefficient (Wildman–Crippen LogP) is 7.17. The summed E-state index contributed by atoms with van der Waals surface area (Å²) < 4.78 is 14.3. The number of phenols is 2. The Kier molecular flexibility index (Phi) is 8.97. The SMILES string of the molecule is COc1cc(O)cc(OC)c1C1C2=CCC3C(=O)N(CCc4ccc(O)cc4)C(=O)C3C2CC2C(=O)N(c3cc(-c4sc5ccc(Cl)cc5c4C)nn3C)C(=O)C21C. The van der Waals surface area contributed by atoms with E-state index in [2.05, 4.69) is 0 Å². The third kappa shape index (κ3) is 5.49. The van der Waals surface area contributed by atoms with E-state index in [4.69, 9.17) is 26.2 Å². The van der Waals surface area contributed by atoms with Crippen LogP contribution in [0.1, 0.15) is 42.4 Å². The number of anilines is 1. The Labute approximate surface area is 343 Å². The van der Waals surface area contributed by atoms with Gasteiger partial charge in [0.05, 0.1) is 42.3 Å². The lowest BCUT2D eigenvalue weighted by atomic mass is 9.51. The minimum Gasteiger partial charge on any atom is -0.508 e. The van der Waals surface area contributed by atoms with Crippen molar-refractivity contribution in [3.05, 3.63) is 94.0 Å². The van der Waals surface area contributed by atoms with Gasteiger partial charge in [0.25, 0.3) is 0 Å². The van der Waals surface area contributed by atoms with Crippen molar-refractivity contribution in [2.24, 2.45) is 36.1 Å². The zero-order valence-corrected chi connectivity index (χ0v) is 34.1. The molecule has 2 aliphatic carbocycles. The van der Waals surface area contributed by atoms with E-state index in [1.807, 2.05) is 31.2 Å². The molecule has 3 fully saturated rings. The highest BCUT2D eigenvalue weighted by molar-refractivity contribution is 7.22. The number of allylic oxidation sites excluding steroid dienone is 2. The van der Waals surface area contributed by atoms with Gasteiger partial charge in [0, 0.05) is 53.0 Å². The van der Waals surface area contributed by atoms with E-state index in [0.29, 0.717) is 28.5 Å². The predicted molar refractivity (Wildman–Crippen MR) is 218 cm³/mol. The number of thiophene rings is 1. The second-order valence-electron chi connectivity index (χ2n) is 15.9. The highest BCUT2D eigenvalue weighted by Gasteiger charge is 2.68. The number of aromatic hydroxyl groups is 2. The zero-order valence-electron chi connectivity index (χ0n) is 32.5. The van der Waals surface area contributed by atoms with Gasteiger partial charge in [-0.25, -0.2) is 4.90 Å². The molecule has 58 heavy (non-hydrogen) atoms. The average molecular weight is 821 g/mol. The van der Waals surface area contributed by atoms with Gasteiger partial charge in [-0.3, -0.25) is 28.8 Å². The molecule has 4 amide bonds. The van der Waals surface area contributed by atoms with Crippen molar-refractivity contribution in [2.75, 3.05) is 25.7 Å². The fraction of sp³-hybridized carbons (Fsp3) is 0.341. The largest absolute Gasteiger partial charge is 0.508 e. The first-order chi connectivity index (χ1) is 27.8. The number of imide groups is 2. The van der Waals surface area contributed by atoms with Gasteiger partial charge >= 0.3 is 0 Å². The van der Waals surface area contributed by atoms with Crippen LogP contribution >= 0.6 is 22.9 Å². The number of carbonyl (C=O) groups excluding carboxylic acids is 4. The fourth-order valence-electron chi connectivity index (χ4n) is 10.2. The standard InChI is InChI=1S/C44H41ClN4O8S/c1-21-28-16-23(45)8-13-34(28)58-39(21)31-20-35(47(3)46-31)49-41(53)30-19-29-26(38(44(30,2)43(49)55)37-32(56-4)17-25(51)18-33(37)57-5)11-12-27-36(29)42(54)48(40(27)52)15-14-22-6-9-24(50)10-7-22/h6-11,13,16-18,20,27,29-30,36,38,50-51H,12,14-15,19H2,1-5H3. The summed E-state index contributed by atoms with van der Waals surface area (Å²) in [7, 11) is 4.63. The van der Waals surface area contributed by atoms with E-state index < -0.39 is 46.8 Å². The third-order valence-corrected chi connectivity index (χ3v) is 14.5. The van der Waals surface area contributed by atoms with Gasteiger partial charge < -0.3 is 19.7 Å². The zero-order chi connectivity index (χ0) is 40.9. The summed E-state index contributed by atoms with van der Waals surface area (Å²) >= 11 is 7.89. The molecule has 0 radical (unpaired) electrons. The lowest BCUT2D eigenvalue weighted by Crippen LogP contribution is -2.49. The summed E-state index contributed by atoms with van der Waals surface area (Å²) in [5.74, 6) is -4.27. The van der Waals surface area contributed by atoms with Crippen LogP contribution in [0.25, 0.3) is 20.7 Å². The summed E-state index contributed by atoms with van der Waals surface area (Å²) in [5, 5.41) is 26.9. The molecular formula is C44H41ClN4O8S. The average Bonchev–Trinajstić information content (AvgIpc) is 3.87. The molecule has 4 aliphatic rings. The normalized spacial score (nSPS) is 25.3. The summed E-state index contributed by atoms with van der Waals surface area (Å²) in [6.45, 7) is 3.96. The van der Waals surface area contributed by atoms with Crippen LogP contribution in [-0.2, 0) is 32.6 Å². The Morgan fingerprint density at radius 1 is 0.914 bits per heavy atom. The van der Waals surface area contributed by atoms with Crippen molar-refractivity contribution >= 4 is 62.5 Å². The highest BCUT2D eigenvalue weighted by atomic mass is 35.5. The lowest BCUT2D eigenvalue weighted by Gasteiger charge is -2.49. The van der Waals surface area contributed by atoms with E-state index in [0.717, 1.165) is 31.7 Å². The molecule has 14 heteroatoms. The van der Waals surface area contributed by atoms with Crippen molar-refractivity contribution in [3.8, 4) is 33.6 Å². The van der Waals surface area contributed by atoms with Crippen LogP contribution in [0.4, 0.5) is 5.82 Å². The number of likely N-dealkylation sites (tertiary alicyclic amines) is 1. The van der Waals surface area contributed by atoms with Gasteiger partial charge in [-0.05, 0) is 85.9 Å². The van der Waals surface area contributed by atoms with Gasteiger partial charge in [0.15, 0.2) is 0 Å². The molecule has 3 aromatic carbocycles. The topological polar surface area (TPSA) is 152 Å². The van der Waals surface area contributed by atoms with Crippen molar-refractivity contribution in [3.63, 3.8) is 0 Å². The first kappa shape index (κ1) is 37.9. The maximum atomic E-state index is 15.3. The van der Waals surface area contributed by atoms with E-state index in [-0.39, 0.29) is 54.2 Å². The summed E-state index contributed by atoms with van der Waals surface area (Å²) in [6.07, 6.45) is 2.82. The molecule has 298 valence electrons. The number of halogens is 1. The molecule has 6 unspecified atom stereocenters. The Bertz CT molecular complexity index is 2590. The quantitative estimate of drug-likeness (QED) is 0.123. The number of nitrogens with zero attached hydrogens (tertiary/aromatic N) is 4. The van der Waals surface area contributed by atoms with Crippen LogP contribution in [0, 0.1) is 36.0 Å². The van der Waals surface area contributed by atoms with E-state index in [1.165, 1.54) is 36.2 Å². The Morgan fingerprint density at radius 2 is 1.62 bits per heavy atom. The second kappa shape index (κ2) is 13.7. The lowest BCUT2D eigenvalue weighted by molar-refractivity contribution is -0.140. The molecule has 2 aliphatic heterocycles. The highest BCUT2D eigenvalue weighted by Crippen LogP contribution is 2.66. The van der Waals surface area contributed by atoms with Crippen LogP contribution in [0.2, 0.25) is 5.02 Å². The van der Waals surface area contributed by atoms with Crippen molar-refractivity contribution in [1.29, 1.82) is 0 Å². The summed E-state index contributed by atoms with van der Waals surface area (Å²) in [6, 6.07) is 17.0. The first-order valence-corrected chi connectivity index (χ1v) is 20.4. The first-order valence-electron chi connectivity index (χ1n) is 19.2. The van der Waals surface area contributed by atoms with E-state index >= 15 is 9.59 Å². The maximum absolute atomic E-state index is 15.3. The Balaban J connectivity index is 1.14. The van der Waals surface area contributed by atoms with Gasteiger partial charge in [0.1, 0.15) is 34.5 Å². The molecule has 9 rings (SSSR count). The van der Waals surface area contributed by atoms with Crippen molar-refractivity contribution < 1.29 is 38.9 Å². The van der Waals surface area contributed by atoms with Gasteiger partial charge in [-0.2, -0.15) is 5.10 Å². The monoisotopic (exact) mass is 820 g/mol. The van der Waals surface area contributed by atoms with Gasteiger partial charge in [0.2, 0.25) is 23.6 Å². The number of amides is 4. The van der Waals surface area contributed by atoms with Gasteiger partial charge in [-0.1, -0.05) is 35.4 Å². The number of rotatable bonds is 8. The number of hydrogen-bond donors (Lipinski definition) is 2. The molecule has 0 bridgehead atoms. The second-order valence-corrected chi connectivity index (χ2v) is 17.4. The van der Waals surface area contributed by atoms with Crippen LogP contribution in [0.5, 0.6) is 23.0 Å². The molecule has 6 atom stereocenters. The molecule has 2 saturated heterocycles. The third-order valence-electron chi connectivity index (χ3n) is 13.0. The molecule has 2 aromatic heterocycles. The number of benzene rings is 3. The van der Waals surface area contributed by atoms with Crippen LogP contribution in [-0.4, -0.2) is 69.3 Å². The smallest absolute Gasteiger partial charge is 0.242 e. The van der Waals surface area contributed by atoms with Crippen LogP contribution < -0.4 is 14.4 Å². The molecule has 2 N–H and O–H groups in total. The van der Waals surface area contributed by atoms with E-state index in [9.17, 15) is 19.8 Å². The van der Waals surface area contributed by atoms with E-state index in [1.54, 1.807) is 60.3 Å². The number of hydrogen-bond acceptors (Lipinski definition) is 10. The van der Waals surface area contributed by atoms with Crippen molar-refractivity contribution in [1.82, 2.24) is 14.7 Å². The minimum atomic E-state index is -1.40. The summed E-state index contributed by atoms with van der Waals surface area (Å²) in [5.41, 5.74) is 2.29. The molecule has 12 nitrogen and oxygen atoms in total. The molecule has 4 heterocycles. The molecule has 5 aromatic rings. The Morgan fingerprint density at radius 3 is 2.31 bits per heavy atom. The van der Waals surface area contributed by atoms with Crippen LogP contribution in [0.3, 0.4) is 0 Å². The maximum Gasteiger partial charge on any atom is 0.242 e. The number of methoxy groups -OCH3 is 2. The number of phenolic OH excluding ortho intramolecular Hbond substituents is 2. The molecule has 0 spiro atoms. The fourth-order valence-corrected chi connectivity index (χ4v) is 11.5. The molecule has 1 saturated carbocycles. The minimum absolute atomic E-state index is 0.110. The van der Waals surface area contributed by atoms with Crippen LogP contribution in [0.15, 0.2) is 72.3 Å².